The molecule has 0 amide bonds. The highest BCUT2D eigenvalue weighted by molar-refractivity contribution is 7.66. The molecule has 34 heavy (non-hydrogen) atoms. The third-order valence-corrected chi connectivity index (χ3v) is 8.25. The van der Waals surface area contributed by atoms with Crippen LogP contribution in [0.1, 0.15) is 17.5 Å². The molecule has 0 aromatic carbocycles. The molecule has 2 aromatic heterocycles. The summed E-state index contributed by atoms with van der Waals surface area (Å²) in [6.45, 7) is -0.0194. The summed E-state index contributed by atoms with van der Waals surface area (Å²) in [5, 5.41) is 23.5. The van der Waals surface area contributed by atoms with Crippen molar-refractivity contribution in [3.8, 4) is 6.07 Å². The molecule has 2 aromatic rings. The van der Waals surface area contributed by atoms with Gasteiger partial charge in [0.25, 0.3) is 0 Å². The van der Waals surface area contributed by atoms with Gasteiger partial charge in [0, 0.05) is 6.07 Å². The second-order valence-electron chi connectivity index (χ2n) is 6.82. The third kappa shape index (κ3) is 5.42. The van der Waals surface area contributed by atoms with E-state index in [1.807, 2.05) is 0 Å². The lowest BCUT2D eigenvalue weighted by molar-refractivity contribution is -0.0729. The summed E-state index contributed by atoms with van der Waals surface area (Å²) < 4.78 is 80.8. The number of aryl methyl sites for hydroxylation is 1. The maximum absolute atomic E-state index is 14.9. The van der Waals surface area contributed by atoms with Crippen molar-refractivity contribution < 1.29 is 65.0 Å². The van der Waals surface area contributed by atoms with Gasteiger partial charge in [-0.05, 0) is 6.92 Å². The van der Waals surface area contributed by atoms with Crippen LogP contribution in [0.5, 0.6) is 0 Å². The van der Waals surface area contributed by atoms with E-state index in [1.54, 1.807) is 0 Å². The van der Waals surface area contributed by atoms with Crippen LogP contribution in [0.15, 0.2) is 12.4 Å². The van der Waals surface area contributed by atoms with Crippen molar-refractivity contribution in [2.45, 2.75) is 30.9 Å². The van der Waals surface area contributed by atoms with Crippen LogP contribution in [0, 0.1) is 24.1 Å². The molecule has 0 bridgehead atoms. The van der Waals surface area contributed by atoms with Crippen LogP contribution in [0.4, 0.5) is 8.78 Å². The van der Waals surface area contributed by atoms with Crippen LogP contribution in [0.3, 0.4) is 0 Å². The highest BCUT2D eigenvalue weighted by atomic mass is 31.3. The Balaban J connectivity index is 1.85. The van der Waals surface area contributed by atoms with Crippen molar-refractivity contribution >= 4 is 29.0 Å². The van der Waals surface area contributed by atoms with Crippen LogP contribution >= 0.6 is 23.5 Å². The van der Waals surface area contributed by atoms with E-state index in [4.69, 9.17) is 19.4 Å². The average molecular weight is 550 g/mol. The van der Waals surface area contributed by atoms with Gasteiger partial charge in [-0.2, -0.15) is 19.0 Å². The number of aliphatic hydroxyl groups excluding tert-OH is 1. The van der Waals surface area contributed by atoms with Gasteiger partial charge in [0.05, 0.1) is 11.4 Å². The fraction of sp³-hybridized carbons (Fsp3) is 0.462. The number of nitrogens with zero attached hydrogens (tertiary/aromatic N) is 4. The molecular formula is C13H15F2N4O12P3. The first kappa shape index (κ1) is 26.9. The first-order chi connectivity index (χ1) is 15.5. The summed E-state index contributed by atoms with van der Waals surface area (Å²) in [6.07, 6.45) is -5.59. The Labute approximate surface area is 187 Å². The molecule has 1 aliphatic heterocycles. The summed E-state index contributed by atoms with van der Waals surface area (Å²) >= 11 is 0. The lowest BCUT2D eigenvalue weighted by Gasteiger charge is -2.25. The first-order valence-corrected chi connectivity index (χ1v) is 13.2. The molecule has 6 atom stereocenters. The smallest absolute Gasteiger partial charge is 0.386 e. The summed E-state index contributed by atoms with van der Waals surface area (Å²) in [5.41, 5.74) is -2.99. The van der Waals surface area contributed by atoms with Gasteiger partial charge >= 0.3 is 23.5 Å². The minimum absolute atomic E-state index is 0.148. The van der Waals surface area contributed by atoms with E-state index in [0.29, 0.717) is 0 Å². The zero-order valence-electron chi connectivity index (χ0n) is 16.6. The maximum atomic E-state index is 14.9. The standard InChI is InChI=1S/C13H15F2N4O12P3/c1-6-10-7(14)2-8(19(10)18-5-17-6)11-9(15)12(20)13(3-16,29-11)4-28-33(24,25)31-34(26,27)30-32(21,22)23/h2,5,9,11-12,20H,4H2,1H3,(H,24,25)(H,26,27)(H2,21,22,23)/t9-,11-,12-,13+/m0/s1. The van der Waals surface area contributed by atoms with E-state index in [2.05, 4.69) is 23.2 Å². The van der Waals surface area contributed by atoms with E-state index in [1.165, 1.54) is 13.0 Å². The largest absolute Gasteiger partial charge is 0.490 e. The van der Waals surface area contributed by atoms with Gasteiger partial charge in [0.2, 0.25) is 5.60 Å². The monoisotopic (exact) mass is 550 g/mol. The molecule has 0 spiro atoms. The Bertz CT molecular complexity index is 1300. The fourth-order valence-electron chi connectivity index (χ4n) is 3.10. The molecule has 21 heteroatoms. The highest BCUT2D eigenvalue weighted by Gasteiger charge is 2.58. The molecule has 3 rings (SSSR count). The van der Waals surface area contributed by atoms with Gasteiger partial charge in [-0.25, -0.2) is 32.0 Å². The molecule has 188 valence electrons. The lowest BCUT2D eigenvalue weighted by Crippen LogP contribution is -2.44. The van der Waals surface area contributed by atoms with Crippen LogP contribution in [-0.2, 0) is 31.6 Å². The van der Waals surface area contributed by atoms with Crippen molar-refractivity contribution in [3.05, 3.63) is 29.6 Å². The van der Waals surface area contributed by atoms with Crippen molar-refractivity contribution in [3.63, 3.8) is 0 Å². The maximum Gasteiger partial charge on any atom is 0.490 e. The Hall–Kier alpha value is -1.70. The number of ether oxygens (including phenoxy) is 1. The van der Waals surface area contributed by atoms with Crippen molar-refractivity contribution in [1.82, 2.24) is 14.6 Å². The zero-order chi connectivity index (χ0) is 25.7. The van der Waals surface area contributed by atoms with Crippen LogP contribution in [-0.4, -0.2) is 63.8 Å². The van der Waals surface area contributed by atoms with Crippen molar-refractivity contribution in [2.24, 2.45) is 0 Å². The van der Waals surface area contributed by atoms with E-state index < -0.39 is 59.9 Å². The molecule has 2 unspecified atom stereocenters. The van der Waals surface area contributed by atoms with Crippen LogP contribution < -0.4 is 0 Å². The average Bonchev–Trinajstić information content (AvgIpc) is 3.14. The molecular weight excluding hydrogens is 535 g/mol. The number of alkyl halides is 1. The predicted molar refractivity (Wildman–Crippen MR) is 101 cm³/mol. The Morgan fingerprint density at radius 2 is 1.91 bits per heavy atom. The predicted octanol–water partition coefficient (Wildman–Crippen LogP) is 0.553. The number of phosphoric acid groups is 3. The summed E-state index contributed by atoms with van der Waals surface area (Å²) in [7, 11) is -17.2. The third-order valence-electron chi connectivity index (χ3n) is 4.46. The fourth-order valence-corrected chi connectivity index (χ4v) is 6.15. The number of hydrogen-bond donors (Lipinski definition) is 5. The first-order valence-electron chi connectivity index (χ1n) is 8.69. The second-order valence-corrected chi connectivity index (χ2v) is 11.2. The summed E-state index contributed by atoms with van der Waals surface area (Å²) in [6, 6.07) is 2.17. The number of halogens is 2. The van der Waals surface area contributed by atoms with Crippen molar-refractivity contribution in [1.29, 1.82) is 5.26 Å². The van der Waals surface area contributed by atoms with Crippen molar-refractivity contribution in [2.75, 3.05) is 6.61 Å². The SMILES string of the molecule is Cc1ncnn2c([C@@H]3O[C@](C#N)(COP(=O)(O)OP(=O)(O)OP(=O)(O)O)[C@@H](O)[C@H]3F)cc(F)c12. The van der Waals surface area contributed by atoms with Gasteiger partial charge in [-0.1, -0.05) is 0 Å². The number of phosphoric ester groups is 1. The van der Waals surface area contributed by atoms with Gasteiger partial charge in [-0.3, -0.25) is 4.52 Å². The summed E-state index contributed by atoms with van der Waals surface area (Å²) in [4.78, 5) is 39.5. The molecule has 3 heterocycles. The number of aromatic nitrogens is 3. The Morgan fingerprint density at radius 3 is 2.50 bits per heavy atom. The Kier molecular flexibility index (Phi) is 7.17. The number of nitriles is 1. The second kappa shape index (κ2) is 9.07. The van der Waals surface area contributed by atoms with Crippen LogP contribution in [0.2, 0.25) is 0 Å². The zero-order valence-corrected chi connectivity index (χ0v) is 19.3. The van der Waals surface area contributed by atoms with Gasteiger partial charge in [0.15, 0.2) is 12.0 Å². The van der Waals surface area contributed by atoms with E-state index in [9.17, 15) is 37.7 Å². The highest BCUT2D eigenvalue weighted by Crippen LogP contribution is 2.66. The Morgan fingerprint density at radius 1 is 1.26 bits per heavy atom. The quantitative estimate of drug-likeness (QED) is 0.282. The minimum atomic E-state index is -5.86. The molecule has 0 aliphatic carbocycles. The molecule has 0 radical (unpaired) electrons. The topological polar surface area (TPSA) is 243 Å². The number of hydrogen-bond acceptors (Lipinski definition) is 11. The molecule has 5 N–H and O–H groups in total. The number of fused-ring (bicyclic) bond motifs is 1. The molecule has 1 fully saturated rings. The van der Waals surface area contributed by atoms with E-state index in [-0.39, 0.29) is 16.9 Å². The molecule has 1 saturated heterocycles. The lowest BCUT2D eigenvalue weighted by atomic mass is 9.97. The summed E-state index contributed by atoms with van der Waals surface area (Å²) in [5.74, 6) is -0.874. The normalized spacial score (nSPS) is 29.0. The molecule has 0 saturated carbocycles. The number of aliphatic hydroxyl groups is 1. The molecule has 16 nitrogen and oxygen atoms in total. The minimum Gasteiger partial charge on any atom is -0.386 e. The van der Waals surface area contributed by atoms with E-state index >= 15 is 0 Å². The van der Waals surface area contributed by atoms with Gasteiger partial charge in [0.1, 0.15) is 36.7 Å². The van der Waals surface area contributed by atoms with Gasteiger partial charge < -0.3 is 29.4 Å². The van der Waals surface area contributed by atoms with Crippen LogP contribution in [0.25, 0.3) is 5.52 Å². The molecule has 1 aliphatic rings. The number of rotatable bonds is 8. The van der Waals surface area contributed by atoms with E-state index in [0.717, 1.165) is 16.9 Å². The van der Waals surface area contributed by atoms with Gasteiger partial charge in [-0.15, -0.1) is 0 Å².